The average molecular weight is 156 g/mol. The first kappa shape index (κ1) is 10.2. The summed E-state index contributed by atoms with van der Waals surface area (Å²) in [5.74, 6) is -0.214. The Morgan fingerprint density at radius 2 is 2.27 bits per heavy atom. The van der Waals surface area contributed by atoms with Gasteiger partial charge in [-0.3, -0.25) is 4.79 Å². The molecule has 0 aliphatic carbocycles. The molecule has 3 N–H and O–H groups in total. The Bertz CT molecular complexity index is 154. The zero-order valence-electron chi connectivity index (χ0n) is 7.18. The summed E-state index contributed by atoms with van der Waals surface area (Å²) in [5.41, 5.74) is 5.56. The monoisotopic (exact) mass is 156 g/mol. The first-order chi connectivity index (χ1) is 5.09. The lowest BCUT2D eigenvalue weighted by Gasteiger charge is -2.10. The van der Waals surface area contributed by atoms with Crippen LogP contribution in [0.1, 0.15) is 13.3 Å². The van der Waals surface area contributed by atoms with Gasteiger partial charge in [0.05, 0.1) is 0 Å². The maximum absolute atomic E-state index is 10.6. The van der Waals surface area contributed by atoms with Crippen molar-refractivity contribution in [2.24, 2.45) is 11.7 Å². The van der Waals surface area contributed by atoms with Gasteiger partial charge in [-0.25, -0.2) is 0 Å². The van der Waals surface area contributed by atoms with E-state index in [-0.39, 0.29) is 5.92 Å². The first-order valence-corrected chi connectivity index (χ1v) is 3.72. The van der Waals surface area contributed by atoms with E-state index < -0.39 is 5.91 Å². The lowest BCUT2D eigenvalue weighted by molar-refractivity contribution is -0.115. The fourth-order valence-electron chi connectivity index (χ4n) is 0.778. The number of hydrogen-bond acceptors (Lipinski definition) is 2. The highest BCUT2D eigenvalue weighted by atomic mass is 16.1. The lowest BCUT2D eigenvalue weighted by atomic mass is 9.99. The maximum atomic E-state index is 10.6. The van der Waals surface area contributed by atoms with Gasteiger partial charge >= 0.3 is 0 Å². The van der Waals surface area contributed by atoms with Crippen LogP contribution in [0, 0.1) is 5.92 Å². The quantitative estimate of drug-likeness (QED) is 0.561. The van der Waals surface area contributed by atoms with Crippen molar-refractivity contribution in [1.82, 2.24) is 5.32 Å². The number of carbonyl (C=O) groups excluding carboxylic acids is 1. The molecule has 0 bridgehead atoms. The van der Waals surface area contributed by atoms with Crippen molar-refractivity contribution in [1.29, 1.82) is 0 Å². The largest absolute Gasteiger partial charge is 0.366 e. The van der Waals surface area contributed by atoms with Crippen molar-refractivity contribution in [2.75, 3.05) is 13.6 Å². The molecule has 0 aliphatic heterocycles. The Kier molecular flexibility index (Phi) is 4.54. The topological polar surface area (TPSA) is 55.1 Å². The molecular formula is C8H16N2O. The van der Waals surface area contributed by atoms with Crippen LogP contribution in [-0.2, 0) is 4.79 Å². The zero-order valence-corrected chi connectivity index (χ0v) is 7.18. The number of primary amides is 1. The smallest absolute Gasteiger partial charge is 0.244 e. The number of nitrogens with one attached hydrogen (secondary N) is 1. The van der Waals surface area contributed by atoms with Crippen LogP contribution in [0.15, 0.2) is 12.2 Å². The highest BCUT2D eigenvalue weighted by Crippen LogP contribution is 2.10. The second kappa shape index (κ2) is 4.91. The molecule has 0 spiro atoms. The van der Waals surface area contributed by atoms with E-state index in [9.17, 15) is 4.79 Å². The van der Waals surface area contributed by atoms with Gasteiger partial charge in [0.25, 0.3) is 0 Å². The summed E-state index contributed by atoms with van der Waals surface area (Å²) in [4.78, 5) is 10.6. The normalized spacial score (nSPS) is 12.5. The van der Waals surface area contributed by atoms with Gasteiger partial charge in [0.1, 0.15) is 0 Å². The van der Waals surface area contributed by atoms with Crippen LogP contribution >= 0.6 is 0 Å². The number of nitrogens with two attached hydrogens (primary N) is 1. The molecule has 0 saturated heterocycles. The minimum absolute atomic E-state index is 0.181. The van der Waals surface area contributed by atoms with Gasteiger partial charge in [0.2, 0.25) is 5.91 Å². The Balaban J connectivity index is 3.73. The van der Waals surface area contributed by atoms with Crippen LogP contribution < -0.4 is 11.1 Å². The van der Waals surface area contributed by atoms with Crippen LogP contribution in [0.3, 0.4) is 0 Å². The molecule has 1 amide bonds. The molecule has 0 aliphatic rings. The molecule has 3 nitrogen and oxygen atoms in total. The molecule has 0 aromatic rings. The summed E-state index contributed by atoms with van der Waals surface area (Å²) < 4.78 is 0. The van der Waals surface area contributed by atoms with Crippen molar-refractivity contribution in [3.8, 4) is 0 Å². The first-order valence-electron chi connectivity index (χ1n) is 3.72. The molecule has 0 saturated carbocycles. The third kappa shape index (κ3) is 3.78. The number of carbonyl (C=O) groups is 1. The average Bonchev–Trinajstić information content (AvgIpc) is 1.98. The SMILES string of the molecule is C=C(C(N)=O)C(C)CCNC. The fraction of sp³-hybridized carbons (Fsp3) is 0.625. The zero-order chi connectivity index (χ0) is 8.85. The van der Waals surface area contributed by atoms with E-state index in [0.29, 0.717) is 5.57 Å². The Hall–Kier alpha value is -0.830. The van der Waals surface area contributed by atoms with Crippen molar-refractivity contribution in [3.05, 3.63) is 12.2 Å². The van der Waals surface area contributed by atoms with E-state index in [1.54, 1.807) is 0 Å². The van der Waals surface area contributed by atoms with Gasteiger partial charge < -0.3 is 11.1 Å². The maximum Gasteiger partial charge on any atom is 0.244 e. The summed E-state index contributed by atoms with van der Waals surface area (Å²) in [7, 11) is 1.87. The fourth-order valence-corrected chi connectivity index (χ4v) is 0.778. The minimum Gasteiger partial charge on any atom is -0.366 e. The highest BCUT2D eigenvalue weighted by Gasteiger charge is 2.10. The number of rotatable bonds is 5. The van der Waals surface area contributed by atoms with Gasteiger partial charge in [0, 0.05) is 5.57 Å². The van der Waals surface area contributed by atoms with Crippen molar-refractivity contribution < 1.29 is 4.79 Å². The second-order valence-electron chi connectivity index (χ2n) is 2.68. The van der Waals surface area contributed by atoms with Crippen LogP contribution in [0.4, 0.5) is 0 Å². The molecule has 0 radical (unpaired) electrons. The predicted molar refractivity (Wildman–Crippen MR) is 46.0 cm³/mol. The summed E-state index contributed by atoms with van der Waals surface area (Å²) in [6.07, 6.45) is 0.901. The molecule has 1 unspecified atom stereocenters. The Morgan fingerprint density at radius 3 is 2.64 bits per heavy atom. The van der Waals surface area contributed by atoms with Crippen molar-refractivity contribution in [2.45, 2.75) is 13.3 Å². The van der Waals surface area contributed by atoms with E-state index in [2.05, 4.69) is 11.9 Å². The van der Waals surface area contributed by atoms with E-state index in [1.165, 1.54) is 0 Å². The summed E-state index contributed by atoms with van der Waals surface area (Å²) in [6, 6.07) is 0. The third-order valence-electron chi connectivity index (χ3n) is 1.74. The molecular weight excluding hydrogens is 140 g/mol. The third-order valence-corrected chi connectivity index (χ3v) is 1.74. The van der Waals surface area contributed by atoms with Gasteiger partial charge in [-0.15, -0.1) is 0 Å². The molecule has 0 rings (SSSR count). The molecule has 0 aromatic heterocycles. The molecule has 3 heteroatoms. The van der Waals surface area contributed by atoms with Crippen LogP contribution in [-0.4, -0.2) is 19.5 Å². The van der Waals surface area contributed by atoms with Crippen LogP contribution in [0.5, 0.6) is 0 Å². The van der Waals surface area contributed by atoms with Crippen LogP contribution in [0.25, 0.3) is 0 Å². The molecule has 0 aromatic carbocycles. The highest BCUT2D eigenvalue weighted by molar-refractivity contribution is 5.91. The number of amides is 1. The molecule has 64 valence electrons. The van der Waals surface area contributed by atoms with Gasteiger partial charge in [0.15, 0.2) is 0 Å². The summed E-state index contributed by atoms with van der Waals surface area (Å²) in [5, 5.41) is 3.00. The Morgan fingerprint density at radius 1 is 1.73 bits per heavy atom. The molecule has 1 atom stereocenters. The van der Waals surface area contributed by atoms with Gasteiger partial charge in [-0.2, -0.15) is 0 Å². The minimum atomic E-state index is -0.395. The second-order valence-corrected chi connectivity index (χ2v) is 2.68. The van der Waals surface area contributed by atoms with E-state index in [0.717, 1.165) is 13.0 Å². The summed E-state index contributed by atoms with van der Waals surface area (Å²) >= 11 is 0. The van der Waals surface area contributed by atoms with E-state index in [1.807, 2.05) is 14.0 Å². The molecule has 11 heavy (non-hydrogen) atoms. The van der Waals surface area contributed by atoms with Gasteiger partial charge in [-0.05, 0) is 25.9 Å². The van der Waals surface area contributed by atoms with Crippen LogP contribution in [0.2, 0.25) is 0 Å². The number of hydrogen-bond donors (Lipinski definition) is 2. The van der Waals surface area contributed by atoms with E-state index in [4.69, 9.17) is 5.73 Å². The molecule has 0 fully saturated rings. The standard InChI is InChI=1S/C8H16N2O/c1-6(4-5-10-3)7(2)8(9)11/h6,10H,2,4-5H2,1,3H3,(H2,9,11). The van der Waals surface area contributed by atoms with Crippen molar-refractivity contribution >= 4 is 5.91 Å². The predicted octanol–water partition coefficient (Wildman–Crippen LogP) is 0.273. The van der Waals surface area contributed by atoms with Gasteiger partial charge in [-0.1, -0.05) is 13.5 Å². The van der Waals surface area contributed by atoms with E-state index >= 15 is 0 Å². The Labute approximate surface area is 67.7 Å². The lowest BCUT2D eigenvalue weighted by Crippen LogP contribution is -2.21. The molecule has 0 heterocycles. The summed E-state index contributed by atoms with van der Waals surface area (Å²) in [6.45, 7) is 6.44. The van der Waals surface area contributed by atoms with Crippen molar-refractivity contribution in [3.63, 3.8) is 0 Å².